The van der Waals surface area contributed by atoms with Crippen LogP contribution in [0.1, 0.15) is 5.56 Å². The maximum atomic E-state index is 12.0. The Hall–Kier alpha value is -3.22. The topological polar surface area (TPSA) is 83.1 Å². The van der Waals surface area contributed by atoms with Gasteiger partial charge in [-0.25, -0.2) is 0 Å². The zero-order chi connectivity index (χ0) is 18.9. The van der Waals surface area contributed by atoms with Gasteiger partial charge in [0.25, 0.3) is 5.91 Å². The van der Waals surface area contributed by atoms with E-state index in [1.807, 2.05) is 0 Å². The van der Waals surface area contributed by atoms with Gasteiger partial charge in [0.05, 0.1) is 33.4 Å². The number of amides is 1. The molecule has 26 heavy (non-hydrogen) atoms. The van der Waals surface area contributed by atoms with Crippen molar-refractivity contribution in [3.63, 3.8) is 0 Å². The number of ether oxygens (including phenoxy) is 4. The molecule has 2 aromatic carbocycles. The number of carbonyl (C=O) groups excluding carboxylic acids is 2. The first-order chi connectivity index (χ1) is 12.5. The van der Waals surface area contributed by atoms with Crippen LogP contribution in [-0.4, -0.2) is 39.8 Å². The van der Waals surface area contributed by atoms with Gasteiger partial charge in [-0.2, -0.15) is 0 Å². The van der Waals surface area contributed by atoms with Gasteiger partial charge in [0, 0.05) is 6.07 Å². The summed E-state index contributed by atoms with van der Waals surface area (Å²) in [4.78, 5) is 23.9. The molecule has 7 nitrogen and oxygen atoms in total. The lowest BCUT2D eigenvalue weighted by atomic mass is 10.1. The van der Waals surface area contributed by atoms with E-state index in [0.29, 0.717) is 22.9 Å². The van der Waals surface area contributed by atoms with Gasteiger partial charge in [-0.3, -0.25) is 9.59 Å². The van der Waals surface area contributed by atoms with E-state index in [4.69, 9.17) is 18.9 Å². The number of carbonyl (C=O) groups is 2. The van der Waals surface area contributed by atoms with Crippen molar-refractivity contribution in [2.45, 2.75) is 6.42 Å². The Morgan fingerprint density at radius 2 is 1.54 bits per heavy atom. The van der Waals surface area contributed by atoms with Gasteiger partial charge in [-0.1, -0.05) is 12.1 Å². The maximum absolute atomic E-state index is 12.0. The normalized spacial score (nSPS) is 9.96. The highest BCUT2D eigenvalue weighted by Crippen LogP contribution is 2.28. The van der Waals surface area contributed by atoms with E-state index in [2.05, 4.69) is 5.32 Å². The van der Waals surface area contributed by atoms with Crippen LogP contribution in [-0.2, 0) is 20.7 Å². The predicted molar refractivity (Wildman–Crippen MR) is 95.8 cm³/mol. The molecule has 0 saturated heterocycles. The average Bonchev–Trinajstić information content (AvgIpc) is 2.67. The molecule has 1 N–H and O–H groups in total. The number of benzene rings is 2. The third-order valence-electron chi connectivity index (χ3n) is 3.55. The monoisotopic (exact) mass is 359 g/mol. The van der Waals surface area contributed by atoms with Crippen molar-refractivity contribution in [3.05, 3.63) is 48.0 Å². The maximum Gasteiger partial charge on any atom is 0.310 e. The number of hydrogen-bond donors (Lipinski definition) is 1. The van der Waals surface area contributed by atoms with E-state index < -0.39 is 18.5 Å². The molecule has 0 aliphatic heterocycles. The second-order valence-corrected chi connectivity index (χ2v) is 5.30. The van der Waals surface area contributed by atoms with E-state index >= 15 is 0 Å². The van der Waals surface area contributed by atoms with Crippen LogP contribution in [0.15, 0.2) is 42.5 Å². The second-order valence-electron chi connectivity index (χ2n) is 5.30. The van der Waals surface area contributed by atoms with E-state index in [1.165, 1.54) is 14.2 Å². The van der Waals surface area contributed by atoms with Gasteiger partial charge in [-0.05, 0) is 29.8 Å². The molecule has 0 unspecified atom stereocenters. The quantitative estimate of drug-likeness (QED) is 0.729. The molecular formula is C19H21NO6. The van der Waals surface area contributed by atoms with Crippen LogP contribution in [0.25, 0.3) is 0 Å². The van der Waals surface area contributed by atoms with Crippen molar-refractivity contribution in [3.8, 4) is 17.2 Å². The molecule has 0 radical (unpaired) electrons. The Labute approximate surface area is 151 Å². The second kappa shape index (κ2) is 9.31. The number of rotatable bonds is 8. The Morgan fingerprint density at radius 1 is 0.885 bits per heavy atom. The lowest BCUT2D eigenvalue weighted by Gasteiger charge is -2.12. The van der Waals surface area contributed by atoms with Crippen molar-refractivity contribution in [2.75, 3.05) is 33.3 Å². The van der Waals surface area contributed by atoms with Crippen LogP contribution in [0.3, 0.4) is 0 Å². The third kappa shape index (κ3) is 5.41. The number of esters is 1. The fraction of sp³-hybridized carbons (Fsp3) is 0.263. The molecule has 0 atom stereocenters. The molecule has 2 aromatic rings. The zero-order valence-corrected chi connectivity index (χ0v) is 14.9. The van der Waals surface area contributed by atoms with E-state index in [0.717, 1.165) is 5.56 Å². The minimum atomic E-state index is -0.497. The zero-order valence-electron chi connectivity index (χ0n) is 14.9. The summed E-state index contributed by atoms with van der Waals surface area (Å²) in [6, 6.07) is 12.0. The summed E-state index contributed by atoms with van der Waals surface area (Å²) in [5.74, 6) is 0.776. The molecule has 0 heterocycles. The van der Waals surface area contributed by atoms with Crippen LogP contribution in [0.5, 0.6) is 17.2 Å². The van der Waals surface area contributed by atoms with E-state index in [-0.39, 0.29) is 6.42 Å². The summed E-state index contributed by atoms with van der Waals surface area (Å²) < 4.78 is 20.4. The molecule has 0 aliphatic rings. The molecule has 1 amide bonds. The van der Waals surface area contributed by atoms with Crippen LogP contribution >= 0.6 is 0 Å². The fourth-order valence-electron chi connectivity index (χ4n) is 2.21. The van der Waals surface area contributed by atoms with E-state index in [9.17, 15) is 9.59 Å². The van der Waals surface area contributed by atoms with Crippen LogP contribution in [0.4, 0.5) is 5.69 Å². The van der Waals surface area contributed by atoms with Crippen LogP contribution in [0, 0.1) is 0 Å². The Morgan fingerprint density at radius 3 is 2.15 bits per heavy atom. The standard InChI is InChI=1S/C19H21NO6/c1-23-14-6-4-13(5-7-14)10-19(22)26-12-18(21)20-16-11-15(24-2)8-9-17(16)25-3/h4-9,11H,10,12H2,1-3H3,(H,20,21). The molecule has 138 valence electrons. The number of nitrogens with one attached hydrogen (secondary N) is 1. The summed E-state index contributed by atoms with van der Waals surface area (Å²) in [5.41, 5.74) is 1.20. The van der Waals surface area contributed by atoms with Crippen molar-refractivity contribution in [1.82, 2.24) is 0 Å². The first kappa shape index (κ1) is 19.1. The molecule has 0 bridgehead atoms. The molecule has 2 rings (SSSR count). The molecule has 0 spiro atoms. The van der Waals surface area contributed by atoms with Crippen LogP contribution in [0.2, 0.25) is 0 Å². The SMILES string of the molecule is COc1ccc(CC(=O)OCC(=O)Nc2cc(OC)ccc2OC)cc1. The molecule has 7 heteroatoms. The summed E-state index contributed by atoms with van der Waals surface area (Å²) >= 11 is 0. The third-order valence-corrected chi connectivity index (χ3v) is 3.55. The highest BCUT2D eigenvalue weighted by Gasteiger charge is 2.12. The van der Waals surface area contributed by atoms with Crippen molar-refractivity contribution in [2.24, 2.45) is 0 Å². The minimum Gasteiger partial charge on any atom is -0.497 e. The Balaban J connectivity index is 1.87. The largest absolute Gasteiger partial charge is 0.497 e. The molecule has 0 aromatic heterocycles. The summed E-state index contributed by atoms with van der Waals surface area (Å²) in [6.45, 7) is -0.393. The number of methoxy groups -OCH3 is 3. The molecular weight excluding hydrogens is 338 g/mol. The summed E-state index contributed by atoms with van der Waals surface area (Å²) in [6.07, 6.45) is 0.0692. The molecule has 0 fully saturated rings. The van der Waals surface area contributed by atoms with Crippen LogP contribution < -0.4 is 19.5 Å². The first-order valence-corrected chi connectivity index (χ1v) is 7.86. The van der Waals surface area contributed by atoms with Crippen molar-refractivity contribution in [1.29, 1.82) is 0 Å². The highest BCUT2D eigenvalue weighted by molar-refractivity contribution is 5.94. The van der Waals surface area contributed by atoms with E-state index in [1.54, 1.807) is 49.6 Å². The van der Waals surface area contributed by atoms with Gasteiger partial charge in [0.15, 0.2) is 6.61 Å². The summed E-state index contributed by atoms with van der Waals surface area (Å²) in [5, 5.41) is 2.63. The Kier molecular flexibility index (Phi) is 6.84. The van der Waals surface area contributed by atoms with Gasteiger partial charge >= 0.3 is 5.97 Å². The Bertz CT molecular complexity index is 757. The molecule has 0 aliphatic carbocycles. The van der Waals surface area contributed by atoms with Crippen molar-refractivity contribution >= 4 is 17.6 Å². The highest BCUT2D eigenvalue weighted by atomic mass is 16.5. The fourth-order valence-corrected chi connectivity index (χ4v) is 2.21. The molecule has 0 saturated carbocycles. The van der Waals surface area contributed by atoms with Gasteiger partial charge in [0.2, 0.25) is 0 Å². The lowest BCUT2D eigenvalue weighted by molar-refractivity contribution is -0.146. The average molecular weight is 359 g/mol. The minimum absolute atomic E-state index is 0.0692. The predicted octanol–water partition coefficient (Wildman–Crippen LogP) is 2.44. The van der Waals surface area contributed by atoms with Gasteiger partial charge in [0.1, 0.15) is 17.2 Å². The lowest BCUT2D eigenvalue weighted by Crippen LogP contribution is -2.22. The number of hydrogen-bond acceptors (Lipinski definition) is 6. The van der Waals surface area contributed by atoms with Crippen molar-refractivity contribution < 1.29 is 28.5 Å². The number of anilines is 1. The van der Waals surface area contributed by atoms with Gasteiger partial charge < -0.3 is 24.3 Å². The summed E-state index contributed by atoms with van der Waals surface area (Å²) in [7, 11) is 4.58. The van der Waals surface area contributed by atoms with Gasteiger partial charge in [-0.15, -0.1) is 0 Å². The first-order valence-electron chi connectivity index (χ1n) is 7.86. The smallest absolute Gasteiger partial charge is 0.310 e.